The lowest BCUT2D eigenvalue weighted by Gasteiger charge is -2.39. The molecule has 2 heterocycles. The van der Waals surface area contributed by atoms with Crippen molar-refractivity contribution in [3.05, 3.63) is 29.8 Å². The van der Waals surface area contributed by atoms with Gasteiger partial charge in [-0.25, -0.2) is 0 Å². The van der Waals surface area contributed by atoms with Crippen molar-refractivity contribution in [1.29, 1.82) is 0 Å². The molecule has 2 aliphatic heterocycles. The van der Waals surface area contributed by atoms with E-state index in [1.54, 1.807) is 0 Å². The molecule has 0 aliphatic carbocycles. The van der Waals surface area contributed by atoms with Gasteiger partial charge in [-0.05, 0) is 30.0 Å². The van der Waals surface area contributed by atoms with Gasteiger partial charge in [0, 0.05) is 23.7 Å². The van der Waals surface area contributed by atoms with Gasteiger partial charge >= 0.3 is 0 Å². The largest absolute Gasteiger partial charge is 0.391 e. The smallest absolute Gasteiger partial charge is 0.0750 e. The van der Waals surface area contributed by atoms with E-state index in [4.69, 9.17) is 0 Å². The molecular weight excluding hydrogens is 236 g/mol. The fraction of sp³-hybridized carbons (Fsp3) is 0.625. The summed E-state index contributed by atoms with van der Waals surface area (Å²) in [5.74, 6) is 0. The lowest BCUT2D eigenvalue weighted by Crippen LogP contribution is -2.54. The molecule has 2 aliphatic rings. The Labute approximate surface area is 115 Å². The lowest BCUT2D eigenvalue weighted by molar-refractivity contribution is 0.0169. The molecule has 1 aromatic carbocycles. The van der Waals surface area contributed by atoms with E-state index in [9.17, 15) is 5.11 Å². The summed E-state index contributed by atoms with van der Waals surface area (Å²) in [6.45, 7) is 8.24. The summed E-state index contributed by atoms with van der Waals surface area (Å²) >= 11 is 0. The minimum Gasteiger partial charge on any atom is -0.391 e. The summed E-state index contributed by atoms with van der Waals surface area (Å²) in [6, 6.07) is 8.66. The molecule has 0 unspecified atom stereocenters. The Morgan fingerprint density at radius 2 is 2.05 bits per heavy atom. The molecule has 0 aromatic heterocycles. The number of hydrogen-bond acceptors (Lipinski definition) is 3. The van der Waals surface area contributed by atoms with E-state index in [2.05, 4.69) is 55.7 Å². The molecule has 3 rings (SSSR count). The van der Waals surface area contributed by atoms with Crippen LogP contribution in [-0.2, 0) is 5.41 Å². The number of fused-ring (bicyclic) bond motifs is 2. The zero-order chi connectivity index (χ0) is 13.7. The van der Waals surface area contributed by atoms with Crippen molar-refractivity contribution >= 4 is 5.69 Å². The maximum Gasteiger partial charge on any atom is 0.0750 e. The zero-order valence-corrected chi connectivity index (χ0v) is 12.0. The second kappa shape index (κ2) is 4.22. The highest BCUT2D eigenvalue weighted by atomic mass is 16.3. The molecule has 3 atom stereocenters. The maximum atomic E-state index is 10.7. The van der Waals surface area contributed by atoms with Crippen molar-refractivity contribution in [2.45, 2.75) is 44.8 Å². The second-order valence-corrected chi connectivity index (χ2v) is 7.05. The molecule has 1 aromatic rings. The van der Waals surface area contributed by atoms with E-state index in [1.165, 1.54) is 11.3 Å². The van der Waals surface area contributed by atoms with Gasteiger partial charge in [0.05, 0.1) is 6.10 Å². The topological polar surface area (TPSA) is 44.3 Å². The van der Waals surface area contributed by atoms with Gasteiger partial charge in [-0.3, -0.25) is 0 Å². The molecule has 1 saturated heterocycles. The lowest BCUT2D eigenvalue weighted by atomic mass is 9.69. The van der Waals surface area contributed by atoms with Gasteiger partial charge in [0.2, 0.25) is 0 Å². The molecule has 0 saturated carbocycles. The van der Waals surface area contributed by atoms with Crippen molar-refractivity contribution in [2.75, 3.05) is 18.4 Å². The molecule has 0 radical (unpaired) electrons. The Balaban J connectivity index is 2.01. The maximum absolute atomic E-state index is 10.7. The first-order valence-electron chi connectivity index (χ1n) is 7.20. The molecule has 19 heavy (non-hydrogen) atoms. The van der Waals surface area contributed by atoms with Crippen LogP contribution in [0.5, 0.6) is 0 Å². The van der Waals surface area contributed by atoms with Crippen molar-refractivity contribution in [3.8, 4) is 0 Å². The van der Waals surface area contributed by atoms with E-state index in [0.29, 0.717) is 0 Å². The average Bonchev–Trinajstić information content (AvgIpc) is 2.95. The third-order valence-corrected chi connectivity index (χ3v) is 4.79. The predicted octanol–water partition coefficient (Wildman–Crippen LogP) is 2.12. The van der Waals surface area contributed by atoms with Crippen LogP contribution in [0.4, 0.5) is 5.69 Å². The van der Waals surface area contributed by atoms with E-state index in [0.717, 1.165) is 19.5 Å². The van der Waals surface area contributed by atoms with E-state index in [-0.39, 0.29) is 23.0 Å². The van der Waals surface area contributed by atoms with E-state index < -0.39 is 0 Å². The Morgan fingerprint density at radius 3 is 2.79 bits per heavy atom. The number of aliphatic hydroxyl groups is 1. The van der Waals surface area contributed by atoms with Gasteiger partial charge in [0.15, 0.2) is 0 Å². The molecule has 3 heteroatoms. The highest BCUT2D eigenvalue weighted by Crippen LogP contribution is 2.46. The average molecular weight is 260 g/mol. The first-order valence-corrected chi connectivity index (χ1v) is 7.20. The monoisotopic (exact) mass is 260 g/mol. The molecule has 104 valence electrons. The van der Waals surface area contributed by atoms with Crippen molar-refractivity contribution in [3.63, 3.8) is 0 Å². The fourth-order valence-corrected chi connectivity index (χ4v) is 3.64. The quantitative estimate of drug-likeness (QED) is 0.724. The van der Waals surface area contributed by atoms with Gasteiger partial charge in [-0.1, -0.05) is 39.0 Å². The number of aliphatic hydroxyl groups excluding tert-OH is 1. The minimum atomic E-state index is -0.344. The van der Waals surface area contributed by atoms with Crippen molar-refractivity contribution < 1.29 is 5.11 Å². The number of hydrogen-bond donors (Lipinski definition) is 3. The number of para-hydroxylation sites is 1. The summed E-state index contributed by atoms with van der Waals surface area (Å²) in [5, 5.41) is 17.8. The van der Waals surface area contributed by atoms with Gasteiger partial charge in [-0.15, -0.1) is 0 Å². The number of benzene rings is 1. The van der Waals surface area contributed by atoms with Crippen LogP contribution in [0.15, 0.2) is 24.3 Å². The normalized spacial score (nSPS) is 31.3. The first-order chi connectivity index (χ1) is 8.95. The molecule has 1 spiro atoms. The fourth-order valence-electron chi connectivity index (χ4n) is 3.64. The number of nitrogens with one attached hydrogen (secondary N) is 2. The van der Waals surface area contributed by atoms with Gasteiger partial charge in [0.1, 0.15) is 0 Å². The zero-order valence-electron chi connectivity index (χ0n) is 12.0. The summed E-state index contributed by atoms with van der Waals surface area (Å²) in [5.41, 5.74) is 2.54. The summed E-state index contributed by atoms with van der Waals surface area (Å²) in [7, 11) is 0. The SMILES string of the molecule is CC(C)(C)[C@@H](O)[C@@H]1NCC[C@]12CNc1ccccc12. The summed E-state index contributed by atoms with van der Waals surface area (Å²) in [6.07, 6.45) is 0.748. The van der Waals surface area contributed by atoms with Crippen LogP contribution in [0.1, 0.15) is 32.8 Å². The second-order valence-electron chi connectivity index (χ2n) is 7.05. The standard InChI is InChI=1S/C16H24N2O/c1-15(2,3)14(19)13-16(8-9-17-13)10-18-12-7-5-4-6-11(12)16/h4-7,13-14,17-19H,8-10H2,1-3H3/t13-,14-,16+/m0/s1. The molecule has 3 nitrogen and oxygen atoms in total. The van der Waals surface area contributed by atoms with Crippen LogP contribution in [-0.4, -0.2) is 30.3 Å². The van der Waals surface area contributed by atoms with Crippen LogP contribution in [0.2, 0.25) is 0 Å². The molecular formula is C16H24N2O. The molecule has 1 fully saturated rings. The van der Waals surface area contributed by atoms with E-state index >= 15 is 0 Å². The van der Waals surface area contributed by atoms with E-state index in [1.807, 2.05) is 0 Å². The third kappa shape index (κ3) is 1.87. The molecule has 3 N–H and O–H groups in total. The number of anilines is 1. The van der Waals surface area contributed by atoms with Crippen molar-refractivity contribution in [1.82, 2.24) is 5.32 Å². The van der Waals surface area contributed by atoms with Gasteiger partial charge in [0.25, 0.3) is 0 Å². The van der Waals surface area contributed by atoms with Crippen LogP contribution in [0.25, 0.3) is 0 Å². The Kier molecular flexibility index (Phi) is 2.88. The van der Waals surface area contributed by atoms with Crippen molar-refractivity contribution in [2.24, 2.45) is 5.41 Å². The molecule has 0 amide bonds. The third-order valence-electron chi connectivity index (χ3n) is 4.79. The highest BCUT2D eigenvalue weighted by Gasteiger charge is 2.52. The summed E-state index contributed by atoms with van der Waals surface area (Å²) < 4.78 is 0. The first kappa shape index (κ1) is 12.9. The highest BCUT2D eigenvalue weighted by molar-refractivity contribution is 5.61. The van der Waals surface area contributed by atoms with Gasteiger partial charge in [-0.2, -0.15) is 0 Å². The minimum absolute atomic E-state index is 0.0449. The van der Waals surface area contributed by atoms with Crippen LogP contribution in [0.3, 0.4) is 0 Å². The Bertz CT molecular complexity index is 480. The van der Waals surface area contributed by atoms with Crippen LogP contribution < -0.4 is 10.6 Å². The van der Waals surface area contributed by atoms with Crippen LogP contribution >= 0.6 is 0 Å². The van der Waals surface area contributed by atoms with Crippen LogP contribution in [0, 0.1) is 5.41 Å². The molecule has 0 bridgehead atoms. The number of rotatable bonds is 1. The Morgan fingerprint density at radius 1 is 1.32 bits per heavy atom. The summed E-state index contributed by atoms with van der Waals surface area (Å²) in [4.78, 5) is 0. The Hall–Kier alpha value is -1.06. The predicted molar refractivity (Wildman–Crippen MR) is 78.5 cm³/mol. The van der Waals surface area contributed by atoms with Gasteiger partial charge < -0.3 is 15.7 Å².